The van der Waals surface area contributed by atoms with Crippen molar-refractivity contribution in [3.05, 3.63) is 58.6 Å². The standard InChI is InChI=1S/C18H22ClNO2/c1-4-22-18-16(19)10-14(11-17(18)21-3)12-20-13(2)15-8-6-5-7-9-15/h5-11,13,20H,4,12H2,1-3H3/t13-/m1/s1. The summed E-state index contributed by atoms with van der Waals surface area (Å²) in [5.74, 6) is 1.27. The number of hydrogen-bond donors (Lipinski definition) is 1. The number of hydrogen-bond acceptors (Lipinski definition) is 3. The fraction of sp³-hybridized carbons (Fsp3) is 0.333. The molecule has 2 aromatic rings. The average molecular weight is 320 g/mol. The van der Waals surface area contributed by atoms with Crippen LogP contribution in [0.25, 0.3) is 0 Å². The summed E-state index contributed by atoms with van der Waals surface area (Å²) in [6, 6.07) is 14.5. The lowest BCUT2D eigenvalue weighted by atomic mass is 10.1. The molecule has 0 aliphatic heterocycles. The van der Waals surface area contributed by atoms with Crippen LogP contribution in [0.4, 0.5) is 0 Å². The molecule has 0 aromatic heterocycles. The largest absolute Gasteiger partial charge is 0.493 e. The molecule has 0 saturated carbocycles. The molecule has 0 radical (unpaired) electrons. The summed E-state index contributed by atoms with van der Waals surface area (Å²) >= 11 is 6.29. The summed E-state index contributed by atoms with van der Waals surface area (Å²) < 4.78 is 10.9. The highest BCUT2D eigenvalue weighted by atomic mass is 35.5. The van der Waals surface area contributed by atoms with Crippen LogP contribution in [0.3, 0.4) is 0 Å². The molecule has 3 nitrogen and oxygen atoms in total. The van der Waals surface area contributed by atoms with Gasteiger partial charge in [-0.3, -0.25) is 0 Å². The van der Waals surface area contributed by atoms with E-state index in [1.807, 2.05) is 37.3 Å². The molecule has 1 N–H and O–H groups in total. The number of rotatable bonds is 7. The third-order valence-corrected chi connectivity index (χ3v) is 3.77. The Bertz CT molecular complexity index is 602. The molecule has 0 fully saturated rings. The molecule has 0 unspecified atom stereocenters. The van der Waals surface area contributed by atoms with Gasteiger partial charge in [0.25, 0.3) is 0 Å². The Kier molecular flexibility index (Phi) is 6.10. The highest BCUT2D eigenvalue weighted by molar-refractivity contribution is 6.32. The van der Waals surface area contributed by atoms with Crippen LogP contribution in [0.1, 0.15) is 31.0 Å². The van der Waals surface area contributed by atoms with E-state index in [1.165, 1.54) is 5.56 Å². The van der Waals surface area contributed by atoms with Crippen LogP contribution in [0.2, 0.25) is 5.02 Å². The van der Waals surface area contributed by atoms with Gasteiger partial charge in [0.2, 0.25) is 0 Å². The molecule has 118 valence electrons. The van der Waals surface area contributed by atoms with Gasteiger partial charge in [-0.05, 0) is 37.1 Å². The van der Waals surface area contributed by atoms with Crippen molar-refractivity contribution in [3.63, 3.8) is 0 Å². The minimum Gasteiger partial charge on any atom is -0.493 e. The summed E-state index contributed by atoms with van der Waals surface area (Å²) in [5, 5.41) is 4.06. The Morgan fingerprint density at radius 2 is 1.91 bits per heavy atom. The van der Waals surface area contributed by atoms with Crippen molar-refractivity contribution in [2.24, 2.45) is 0 Å². The predicted molar refractivity (Wildman–Crippen MR) is 90.9 cm³/mol. The van der Waals surface area contributed by atoms with E-state index in [-0.39, 0.29) is 6.04 Å². The number of ether oxygens (including phenoxy) is 2. The summed E-state index contributed by atoms with van der Waals surface area (Å²) in [5.41, 5.74) is 2.32. The molecule has 0 saturated heterocycles. The second-order valence-corrected chi connectivity index (χ2v) is 5.46. The van der Waals surface area contributed by atoms with Gasteiger partial charge in [-0.1, -0.05) is 41.9 Å². The first-order chi connectivity index (χ1) is 10.7. The fourth-order valence-electron chi connectivity index (χ4n) is 2.29. The molecule has 0 heterocycles. The number of benzene rings is 2. The lowest BCUT2D eigenvalue weighted by molar-refractivity contribution is 0.311. The van der Waals surface area contributed by atoms with Crippen LogP contribution in [-0.2, 0) is 6.54 Å². The van der Waals surface area contributed by atoms with Crippen molar-refractivity contribution in [1.82, 2.24) is 5.32 Å². The zero-order chi connectivity index (χ0) is 15.9. The molecule has 1 atom stereocenters. The van der Waals surface area contributed by atoms with Gasteiger partial charge in [0, 0.05) is 12.6 Å². The summed E-state index contributed by atoms with van der Waals surface area (Å²) in [6.45, 7) is 5.33. The van der Waals surface area contributed by atoms with Gasteiger partial charge in [0.15, 0.2) is 11.5 Å². The maximum atomic E-state index is 6.29. The van der Waals surface area contributed by atoms with E-state index < -0.39 is 0 Å². The minimum absolute atomic E-state index is 0.262. The zero-order valence-electron chi connectivity index (χ0n) is 13.2. The van der Waals surface area contributed by atoms with Gasteiger partial charge in [0.1, 0.15) is 0 Å². The molecule has 2 aromatic carbocycles. The second kappa shape index (κ2) is 8.06. The van der Waals surface area contributed by atoms with E-state index >= 15 is 0 Å². The molecule has 4 heteroatoms. The lowest BCUT2D eigenvalue weighted by Gasteiger charge is -2.16. The first-order valence-electron chi connectivity index (χ1n) is 7.43. The highest BCUT2D eigenvalue weighted by Crippen LogP contribution is 2.36. The molecule has 0 aliphatic rings. The Morgan fingerprint density at radius 1 is 1.18 bits per heavy atom. The Hall–Kier alpha value is -1.71. The van der Waals surface area contributed by atoms with Crippen LogP contribution in [0.15, 0.2) is 42.5 Å². The Labute approximate surface area is 137 Å². The molecule has 2 rings (SSSR count). The Morgan fingerprint density at radius 3 is 2.55 bits per heavy atom. The third-order valence-electron chi connectivity index (χ3n) is 3.49. The van der Waals surface area contributed by atoms with E-state index in [0.717, 1.165) is 5.56 Å². The molecule has 0 bridgehead atoms. The maximum absolute atomic E-state index is 6.29. The van der Waals surface area contributed by atoms with Gasteiger partial charge in [-0.2, -0.15) is 0 Å². The maximum Gasteiger partial charge on any atom is 0.179 e. The average Bonchev–Trinajstić information content (AvgIpc) is 2.55. The van der Waals surface area contributed by atoms with Crippen LogP contribution in [0.5, 0.6) is 11.5 Å². The quantitative estimate of drug-likeness (QED) is 0.809. The van der Waals surface area contributed by atoms with Crippen molar-refractivity contribution in [3.8, 4) is 11.5 Å². The SMILES string of the molecule is CCOc1c(Cl)cc(CN[C@H](C)c2ccccc2)cc1OC. The normalized spacial score (nSPS) is 12.0. The van der Waals surface area contributed by atoms with Crippen LogP contribution >= 0.6 is 11.6 Å². The monoisotopic (exact) mass is 319 g/mol. The van der Waals surface area contributed by atoms with E-state index in [2.05, 4.69) is 24.4 Å². The summed E-state index contributed by atoms with van der Waals surface area (Å²) in [4.78, 5) is 0. The zero-order valence-corrected chi connectivity index (χ0v) is 14.0. The second-order valence-electron chi connectivity index (χ2n) is 5.06. The van der Waals surface area contributed by atoms with Crippen molar-refractivity contribution in [1.29, 1.82) is 0 Å². The molecule has 0 aliphatic carbocycles. The van der Waals surface area contributed by atoms with Crippen LogP contribution < -0.4 is 14.8 Å². The molecular weight excluding hydrogens is 298 g/mol. The van der Waals surface area contributed by atoms with E-state index in [4.69, 9.17) is 21.1 Å². The summed E-state index contributed by atoms with van der Waals surface area (Å²) in [7, 11) is 1.62. The van der Waals surface area contributed by atoms with Gasteiger partial charge < -0.3 is 14.8 Å². The van der Waals surface area contributed by atoms with Crippen LogP contribution in [-0.4, -0.2) is 13.7 Å². The lowest BCUT2D eigenvalue weighted by Crippen LogP contribution is -2.18. The molecular formula is C18H22ClNO2. The smallest absolute Gasteiger partial charge is 0.179 e. The molecule has 0 spiro atoms. The van der Waals surface area contributed by atoms with Crippen molar-refractivity contribution in [2.45, 2.75) is 26.4 Å². The van der Waals surface area contributed by atoms with Gasteiger partial charge in [-0.25, -0.2) is 0 Å². The van der Waals surface area contributed by atoms with Crippen molar-refractivity contribution < 1.29 is 9.47 Å². The van der Waals surface area contributed by atoms with Gasteiger partial charge >= 0.3 is 0 Å². The van der Waals surface area contributed by atoms with Gasteiger partial charge in [0.05, 0.1) is 18.7 Å². The van der Waals surface area contributed by atoms with E-state index in [0.29, 0.717) is 29.7 Å². The first kappa shape index (κ1) is 16.7. The van der Waals surface area contributed by atoms with Crippen molar-refractivity contribution >= 4 is 11.6 Å². The van der Waals surface area contributed by atoms with Crippen molar-refractivity contribution in [2.75, 3.05) is 13.7 Å². The van der Waals surface area contributed by atoms with Crippen LogP contribution in [0, 0.1) is 0 Å². The minimum atomic E-state index is 0.262. The fourth-order valence-corrected chi connectivity index (χ4v) is 2.58. The molecule has 22 heavy (non-hydrogen) atoms. The summed E-state index contributed by atoms with van der Waals surface area (Å²) in [6.07, 6.45) is 0. The third kappa shape index (κ3) is 4.15. The first-order valence-corrected chi connectivity index (χ1v) is 7.81. The Balaban J connectivity index is 2.08. The number of nitrogens with one attached hydrogen (secondary N) is 1. The van der Waals surface area contributed by atoms with E-state index in [1.54, 1.807) is 7.11 Å². The topological polar surface area (TPSA) is 30.5 Å². The molecule has 0 amide bonds. The number of halogens is 1. The predicted octanol–water partition coefficient (Wildman–Crippen LogP) is 4.60. The van der Waals surface area contributed by atoms with Gasteiger partial charge in [-0.15, -0.1) is 0 Å². The van der Waals surface area contributed by atoms with E-state index in [9.17, 15) is 0 Å². The highest BCUT2D eigenvalue weighted by Gasteiger charge is 2.12. The number of methoxy groups -OCH3 is 1.